The minimum absolute atomic E-state index is 0.0438. The summed E-state index contributed by atoms with van der Waals surface area (Å²) in [6.07, 6.45) is 3.09. The molecule has 2 amide bonds. The number of aliphatic carboxylic acids is 1. The summed E-state index contributed by atoms with van der Waals surface area (Å²) in [6, 6.07) is 0. The van der Waals surface area contributed by atoms with Crippen LogP contribution < -0.4 is 5.32 Å². The van der Waals surface area contributed by atoms with Gasteiger partial charge < -0.3 is 15.3 Å². The molecule has 2 rings (SSSR count). The molecule has 0 aromatic rings. The van der Waals surface area contributed by atoms with E-state index in [-0.39, 0.29) is 30.7 Å². The first-order valence-corrected chi connectivity index (χ1v) is 7.29. The van der Waals surface area contributed by atoms with E-state index in [1.54, 1.807) is 11.8 Å². The molecule has 1 aliphatic heterocycles. The molecule has 2 atom stereocenters. The number of carboxylic acids is 1. The van der Waals surface area contributed by atoms with Gasteiger partial charge >= 0.3 is 5.97 Å². The first-order valence-electron chi connectivity index (χ1n) is 7.29. The zero-order valence-corrected chi connectivity index (χ0v) is 11.8. The summed E-state index contributed by atoms with van der Waals surface area (Å²) >= 11 is 0. The smallest absolute Gasteiger partial charge is 0.308 e. The van der Waals surface area contributed by atoms with Gasteiger partial charge in [-0.3, -0.25) is 14.4 Å². The number of nitrogens with one attached hydrogen (secondary N) is 1. The van der Waals surface area contributed by atoms with Crippen LogP contribution >= 0.6 is 0 Å². The quantitative estimate of drug-likeness (QED) is 0.710. The summed E-state index contributed by atoms with van der Waals surface area (Å²) in [7, 11) is 0. The van der Waals surface area contributed by atoms with Gasteiger partial charge in [-0.25, -0.2) is 0 Å². The SMILES string of the molecule is CCC(CNC(=O)C1CC(=O)N(CC2CC2)C1)C(=O)O. The van der Waals surface area contributed by atoms with E-state index in [0.717, 1.165) is 6.54 Å². The number of hydrogen-bond acceptors (Lipinski definition) is 3. The summed E-state index contributed by atoms with van der Waals surface area (Å²) in [4.78, 5) is 36.5. The van der Waals surface area contributed by atoms with E-state index >= 15 is 0 Å². The van der Waals surface area contributed by atoms with Crippen LogP contribution in [0.25, 0.3) is 0 Å². The molecule has 1 saturated carbocycles. The average molecular weight is 282 g/mol. The molecule has 0 aromatic heterocycles. The Morgan fingerprint density at radius 2 is 2.15 bits per heavy atom. The second-order valence-electron chi connectivity index (χ2n) is 5.83. The zero-order chi connectivity index (χ0) is 14.7. The first-order chi connectivity index (χ1) is 9.51. The molecule has 2 aliphatic rings. The molecular weight excluding hydrogens is 260 g/mol. The van der Waals surface area contributed by atoms with Crippen molar-refractivity contribution in [2.75, 3.05) is 19.6 Å². The summed E-state index contributed by atoms with van der Waals surface area (Å²) in [5, 5.41) is 11.6. The van der Waals surface area contributed by atoms with Gasteiger partial charge in [-0.05, 0) is 25.2 Å². The maximum Gasteiger partial charge on any atom is 0.308 e. The number of carbonyl (C=O) groups is 3. The van der Waals surface area contributed by atoms with Gasteiger partial charge in [-0.15, -0.1) is 0 Å². The van der Waals surface area contributed by atoms with Gasteiger partial charge in [-0.1, -0.05) is 6.92 Å². The third kappa shape index (κ3) is 3.71. The molecule has 6 heteroatoms. The zero-order valence-electron chi connectivity index (χ0n) is 11.8. The van der Waals surface area contributed by atoms with E-state index in [0.29, 0.717) is 18.9 Å². The van der Waals surface area contributed by atoms with Crippen LogP contribution in [0.15, 0.2) is 0 Å². The van der Waals surface area contributed by atoms with Crippen molar-refractivity contribution in [2.45, 2.75) is 32.6 Å². The van der Waals surface area contributed by atoms with E-state index in [2.05, 4.69) is 5.32 Å². The molecule has 0 spiro atoms. The van der Waals surface area contributed by atoms with E-state index in [9.17, 15) is 14.4 Å². The Labute approximate surface area is 118 Å². The Kier molecular flexibility index (Phi) is 4.62. The highest BCUT2D eigenvalue weighted by molar-refractivity contribution is 5.89. The van der Waals surface area contributed by atoms with Crippen molar-refractivity contribution in [3.63, 3.8) is 0 Å². The summed E-state index contributed by atoms with van der Waals surface area (Å²) in [5.74, 6) is -1.31. The molecule has 1 aliphatic carbocycles. The van der Waals surface area contributed by atoms with E-state index < -0.39 is 11.9 Å². The second-order valence-corrected chi connectivity index (χ2v) is 5.83. The van der Waals surface area contributed by atoms with Crippen LogP contribution in [-0.2, 0) is 14.4 Å². The van der Waals surface area contributed by atoms with Gasteiger partial charge in [0, 0.05) is 26.1 Å². The van der Waals surface area contributed by atoms with Gasteiger partial charge in [0.1, 0.15) is 0 Å². The Hall–Kier alpha value is -1.59. The molecular formula is C14H22N2O4. The van der Waals surface area contributed by atoms with Crippen LogP contribution in [0.1, 0.15) is 32.6 Å². The lowest BCUT2D eigenvalue weighted by atomic mass is 10.1. The summed E-state index contributed by atoms with van der Waals surface area (Å²) in [6.45, 7) is 3.17. The van der Waals surface area contributed by atoms with Crippen LogP contribution in [0.3, 0.4) is 0 Å². The normalized spacial score (nSPS) is 23.8. The van der Waals surface area contributed by atoms with Crippen molar-refractivity contribution in [1.29, 1.82) is 0 Å². The molecule has 2 fully saturated rings. The minimum atomic E-state index is -0.898. The average Bonchev–Trinajstić information content (AvgIpc) is 3.13. The van der Waals surface area contributed by atoms with Crippen LogP contribution in [0.4, 0.5) is 0 Å². The number of carboxylic acid groups (broad SMARTS) is 1. The summed E-state index contributed by atoms with van der Waals surface area (Å²) in [5.41, 5.74) is 0. The Morgan fingerprint density at radius 1 is 1.45 bits per heavy atom. The molecule has 112 valence electrons. The first kappa shape index (κ1) is 14.8. The number of amides is 2. The third-order valence-corrected chi connectivity index (χ3v) is 4.13. The topological polar surface area (TPSA) is 86.7 Å². The molecule has 2 N–H and O–H groups in total. The number of nitrogens with zero attached hydrogens (tertiary/aromatic N) is 1. The second kappa shape index (κ2) is 6.24. The van der Waals surface area contributed by atoms with Crippen molar-refractivity contribution in [3.05, 3.63) is 0 Å². The summed E-state index contributed by atoms with van der Waals surface area (Å²) < 4.78 is 0. The molecule has 6 nitrogen and oxygen atoms in total. The van der Waals surface area contributed by atoms with Crippen LogP contribution in [0.2, 0.25) is 0 Å². The maximum atomic E-state index is 12.0. The van der Waals surface area contributed by atoms with Gasteiger partial charge in [0.05, 0.1) is 11.8 Å². The largest absolute Gasteiger partial charge is 0.481 e. The van der Waals surface area contributed by atoms with E-state index in [1.165, 1.54) is 12.8 Å². The van der Waals surface area contributed by atoms with Crippen LogP contribution in [0.5, 0.6) is 0 Å². The molecule has 0 aromatic carbocycles. The lowest BCUT2D eigenvalue weighted by Crippen LogP contribution is -2.37. The fraction of sp³-hybridized carbons (Fsp3) is 0.786. The number of hydrogen-bond donors (Lipinski definition) is 2. The molecule has 2 unspecified atom stereocenters. The monoisotopic (exact) mass is 282 g/mol. The lowest BCUT2D eigenvalue weighted by Gasteiger charge is -2.16. The molecule has 0 bridgehead atoms. The van der Waals surface area contributed by atoms with Crippen LogP contribution in [-0.4, -0.2) is 47.4 Å². The van der Waals surface area contributed by atoms with Gasteiger partial charge in [-0.2, -0.15) is 0 Å². The molecule has 1 heterocycles. The highest BCUT2D eigenvalue weighted by Crippen LogP contribution is 2.31. The van der Waals surface area contributed by atoms with Crippen molar-refractivity contribution in [1.82, 2.24) is 10.2 Å². The predicted octanol–water partition coefficient (Wildman–Crippen LogP) is 0.472. The highest BCUT2D eigenvalue weighted by atomic mass is 16.4. The lowest BCUT2D eigenvalue weighted by molar-refractivity contribution is -0.142. The van der Waals surface area contributed by atoms with E-state index in [1.807, 2.05) is 0 Å². The van der Waals surface area contributed by atoms with Crippen molar-refractivity contribution < 1.29 is 19.5 Å². The maximum absolute atomic E-state index is 12.0. The fourth-order valence-electron chi connectivity index (χ4n) is 2.51. The fourth-order valence-corrected chi connectivity index (χ4v) is 2.51. The Balaban J connectivity index is 1.78. The Bertz CT molecular complexity index is 406. The molecule has 1 saturated heterocycles. The molecule has 0 radical (unpaired) electrons. The predicted molar refractivity (Wildman–Crippen MR) is 71.8 cm³/mol. The minimum Gasteiger partial charge on any atom is -0.481 e. The highest BCUT2D eigenvalue weighted by Gasteiger charge is 2.37. The Morgan fingerprint density at radius 3 is 2.70 bits per heavy atom. The van der Waals surface area contributed by atoms with Crippen molar-refractivity contribution in [2.24, 2.45) is 17.8 Å². The molecule has 20 heavy (non-hydrogen) atoms. The van der Waals surface area contributed by atoms with Crippen molar-refractivity contribution >= 4 is 17.8 Å². The van der Waals surface area contributed by atoms with Gasteiger partial charge in [0.25, 0.3) is 0 Å². The van der Waals surface area contributed by atoms with E-state index in [4.69, 9.17) is 5.11 Å². The number of carbonyl (C=O) groups excluding carboxylic acids is 2. The number of rotatable bonds is 7. The standard InChI is InChI=1S/C14H22N2O4/c1-2-10(14(19)20)6-15-13(18)11-5-12(17)16(8-11)7-9-3-4-9/h9-11H,2-8H2,1H3,(H,15,18)(H,19,20). The van der Waals surface area contributed by atoms with Crippen molar-refractivity contribution in [3.8, 4) is 0 Å². The van der Waals surface area contributed by atoms with Gasteiger partial charge in [0.2, 0.25) is 11.8 Å². The third-order valence-electron chi connectivity index (χ3n) is 4.13. The number of likely N-dealkylation sites (tertiary alicyclic amines) is 1. The van der Waals surface area contributed by atoms with Crippen LogP contribution in [0, 0.1) is 17.8 Å². The van der Waals surface area contributed by atoms with Gasteiger partial charge in [0.15, 0.2) is 0 Å².